The van der Waals surface area contributed by atoms with Crippen molar-refractivity contribution >= 4 is 0 Å². The van der Waals surface area contributed by atoms with Gasteiger partial charge in [0.2, 0.25) is 0 Å². The highest BCUT2D eigenvalue weighted by Gasteiger charge is 2.06. The van der Waals surface area contributed by atoms with E-state index in [1.54, 1.807) is 14.2 Å². The minimum Gasteiger partial charge on any atom is -0.497 e. The van der Waals surface area contributed by atoms with Gasteiger partial charge < -0.3 is 18.9 Å². The Morgan fingerprint density at radius 1 is 0.750 bits per heavy atom. The zero-order valence-corrected chi connectivity index (χ0v) is 14.4. The standard InChI is InChI=1S/C20H24O4/c1-4-5-20(23-14-16-6-10-18(21-2)11-7-16)24-15-17-8-12-19(22-3)13-9-17/h4-13,20H,14-15H2,1-3H3/b5-4+. The lowest BCUT2D eigenvalue weighted by atomic mass is 10.2. The molecule has 0 amide bonds. The average Bonchev–Trinajstić information content (AvgIpc) is 2.65. The third kappa shape index (κ3) is 5.72. The molecule has 128 valence electrons. The van der Waals surface area contributed by atoms with Crippen LogP contribution in [0, 0.1) is 0 Å². The van der Waals surface area contributed by atoms with Crippen molar-refractivity contribution in [3.8, 4) is 11.5 Å². The first kappa shape index (κ1) is 18.0. The first-order valence-electron chi connectivity index (χ1n) is 7.87. The van der Waals surface area contributed by atoms with Crippen LogP contribution in [0.3, 0.4) is 0 Å². The molecule has 0 aromatic heterocycles. The monoisotopic (exact) mass is 328 g/mol. The maximum atomic E-state index is 5.83. The maximum absolute atomic E-state index is 5.83. The molecule has 0 N–H and O–H groups in total. The van der Waals surface area contributed by atoms with Gasteiger partial charge in [-0.1, -0.05) is 30.3 Å². The first-order valence-corrected chi connectivity index (χ1v) is 7.87. The molecular formula is C20H24O4. The fourth-order valence-electron chi connectivity index (χ4n) is 2.12. The third-order valence-corrected chi connectivity index (χ3v) is 3.50. The van der Waals surface area contributed by atoms with Crippen LogP contribution in [0.2, 0.25) is 0 Å². The highest BCUT2D eigenvalue weighted by molar-refractivity contribution is 5.27. The summed E-state index contributed by atoms with van der Waals surface area (Å²) in [5, 5.41) is 0. The van der Waals surface area contributed by atoms with Crippen molar-refractivity contribution in [2.24, 2.45) is 0 Å². The van der Waals surface area contributed by atoms with E-state index in [0.717, 1.165) is 22.6 Å². The van der Waals surface area contributed by atoms with Crippen molar-refractivity contribution in [1.82, 2.24) is 0 Å². The molecule has 0 unspecified atom stereocenters. The van der Waals surface area contributed by atoms with E-state index in [0.29, 0.717) is 13.2 Å². The highest BCUT2D eigenvalue weighted by atomic mass is 16.7. The fraction of sp³-hybridized carbons (Fsp3) is 0.300. The lowest BCUT2D eigenvalue weighted by Crippen LogP contribution is -2.14. The van der Waals surface area contributed by atoms with E-state index < -0.39 is 0 Å². The van der Waals surface area contributed by atoms with Gasteiger partial charge in [0, 0.05) is 0 Å². The van der Waals surface area contributed by atoms with Crippen LogP contribution >= 0.6 is 0 Å². The summed E-state index contributed by atoms with van der Waals surface area (Å²) in [5.41, 5.74) is 2.14. The van der Waals surface area contributed by atoms with E-state index in [9.17, 15) is 0 Å². The Hall–Kier alpha value is -2.30. The Labute approximate surface area is 143 Å². The summed E-state index contributed by atoms with van der Waals surface area (Å²) in [4.78, 5) is 0. The smallest absolute Gasteiger partial charge is 0.177 e. The van der Waals surface area contributed by atoms with Gasteiger partial charge in [-0.2, -0.15) is 0 Å². The topological polar surface area (TPSA) is 36.9 Å². The molecular weight excluding hydrogens is 304 g/mol. The fourth-order valence-corrected chi connectivity index (χ4v) is 2.12. The summed E-state index contributed by atoms with van der Waals surface area (Å²) in [7, 11) is 3.31. The van der Waals surface area contributed by atoms with Crippen molar-refractivity contribution in [3.05, 3.63) is 71.8 Å². The molecule has 0 aliphatic carbocycles. The molecule has 0 saturated carbocycles. The van der Waals surface area contributed by atoms with E-state index in [-0.39, 0.29) is 6.29 Å². The molecule has 0 heterocycles. The zero-order chi connectivity index (χ0) is 17.2. The van der Waals surface area contributed by atoms with E-state index in [4.69, 9.17) is 18.9 Å². The van der Waals surface area contributed by atoms with E-state index in [1.165, 1.54) is 0 Å². The minimum atomic E-state index is -0.390. The molecule has 0 spiro atoms. The molecule has 2 rings (SSSR count). The number of hydrogen-bond donors (Lipinski definition) is 0. The van der Waals surface area contributed by atoms with Gasteiger partial charge in [0.05, 0.1) is 27.4 Å². The van der Waals surface area contributed by atoms with E-state index >= 15 is 0 Å². The zero-order valence-electron chi connectivity index (χ0n) is 14.4. The highest BCUT2D eigenvalue weighted by Crippen LogP contribution is 2.15. The number of ether oxygens (including phenoxy) is 4. The van der Waals surface area contributed by atoms with Gasteiger partial charge in [-0.15, -0.1) is 0 Å². The van der Waals surface area contributed by atoms with Crippen molar-refractivity contribution < 1.29 is 18.9 Å². The predicted octanol–water partition coefficient (Wildman–Crippen LogP) is 4.34. The molecule has 0 aliphatic heterocycles. The van der Waals surface area contributed by atoms with Crippen LogP contribution in [0.4, 0.5) is 0 Å². The van der Waals surface area contributed by atoms with Gasteiger partial charge in [-0.3, -0.25) is 0 Å². The number of rotatable bonds is 9. The van der Waals surface area contributed by atoms with Crippen molar-refractivity contribution in [1.29, 1.82) is 0 Å². The lowest BCUT2D eigenvalue weighted by Gasteiger charge is -2.16. The van der Waals surface area contributed by atoms with Crippen LogP contribution in [0.15, 0.2) is 60.7 Å². The van der Waals surface area contributed by atoms with Crippen LogP contribution in [-0.4, -0.2) is 20.5 Å². The maximum Gasteiger partial charge on any atom is 0.177 e. The molecule has 0 aliphatic rings. The van der Waals surface area contributed by atoms with Crippen LogP contribution in [0.1, 0.15) is 18.1 Å². The SMILES string of the molecule is C/C=C/C(OCc1ccc(OC)cc1)OCc1ccc(OC)cc1. The Kier molecular flexibility index (Phi) is 7.33. The summed E-state index contributed by atoms with van der Waals surface area (Å²) in [5.74, 6) is 1.67. The molecule has 2 aromatic carbocycles. The number of benzene rings is 2. The number of allylic oxidation sites excluding steroid dienone is 1. The molecule has 0 fully saturated rings. The van der Waals surface area contributed by atoms with Crippen molar-refractivity contribution in [3.63, 3.8) is 0 Å². The molecule has 4 heteroatoms. The Bertz CT molecular complexity index is 566. The summed E-state index contributed by atoms with van der Waals surface area (Å²) in [6.07, 6.45) is 3.43. The molecule has 0 radical (unpaired) electrons. The van der Waals surface area contributed by atoms with Crippen LogP contribution in [0.25, 0.3) is 0 Å². The summed E-state index contributed by atoms with van der Waals surface area (Å²) in [6, 6.07) is 15.6. The molecule has 2 aromatic rings. The molecule has 0 atom stereocenters. The second-order valence-electron chi connectivity index (χ2n) is 5.21. The largest absolute Gasteiger partial charge is 0.497 e. The molecule has 24 heavy (non-hydrogen) atoms. The van der Waals surface area contributed by atoms with Gasteiger partial charge in [-0.05, 0) is 48.4 Å². The first-order chi connectivity index (χ1) is 11.7. The quantitative estimate of drug-likeness (QED) is 0.507. The van der Waals surface area contributed by atoms with Crippen LogP contribution < -0.4 is 9.47 Å². The molecule has 0 saturated heterocycles. The normalized spacial score (nSPS) is 11.2. The summed E-state index contributed by atoms with van der Waals surface area (Å²) >= 11 is 0. The average molecular weight is 328 g/mol. The summed E-state index contributed by atoms with van der Waals surface area (Å²) < 4.78 is 22.0. The van der Waals surface area contributed by atoms with Gasteiger partial charge >= 0.3 is 0 Å². The molecule has 0 bridgehead atoms. The van der Waals surface area contributed by atoms with Gasteiger partial charge in [-0.25, -0.2) is 0 Å². The second kappa shape index (κ2) is 9.75. The van der Waals surface area contributed by atoms with Gasteiger partial charge in [0.25, 0.3) is 0 Å². The number of methoxy groups -OCH3 is 2. The third-order valence-electron chi connectivity index (χ3n) is 3.50. The number of hydrogen-bond acceptors (Lipinski definition) is 4. The van der Waals surface area contributed by atoms with Gasteiger partial charge in [0.1, 0.15) is 11.5 Å². The Balaban J connectivity index is 1.86. The van der Waals surface area contributed by atoms with Crippen molar-refractivity contribution in [2.75, 3.05) is 14.2 Å². The minimum absolute atomic E-state index is 0.390. The predicted molar refractivity (Wildman–Crippen MR) is 94.2 cm³/mol. The molecule has 4 nitrogen and oxygen atoms in total. The van der Waals surface area contributed by atoms with Crippen LogP contribution in [-0.2, 0) is 22.7 Å². The van der Waals surface area contributed by atoms with E-state index in [1.807, 2.05) is 67.6 Å². The Morgan fingerprint density at radius 3 is 1.50 bits per heavy atom. The summed E-state index contributed by atoms with van der Waals surface area (Å²) in [6.45, 7) is 2.89. The van der Waals surface area contributed by atoms with Gasteiger partial charge in [0.15, 0.2) is 6.29 Å². The second-order valence-corrected chi connectivity index (χ2v) is 5.21. The van der Waals surface area contributed by atoms with Crippen LogP contribution in [0.5, 0.6) is 11.5 Å². The van der Waals surface area contributed by atoms with Crippen molar-refractivity contribution in [2.45, 2.75) is 26.4 Å². The van der Waals surface area contributed by atoms with E-state index in [2.05, 4.69) is 0 Å². The Morgan fingerprint density at radius 2 is 1.17 bits per heavy atom. The lowest BCUT2D eigenvalue weighted by molar-refractivity contribution is -0.126.